The Morgan fingerprint density at radius 2 is 1.86 bits per heavy atom. The fourth-order valence-corrected chi connectivity index (χ4v) is 3.21. The van der Waals surface area contributed by atoms with Crippen molar-refractivity contribution in [1.29, 1.82) is 5.41 Å². The van der Waals surface area contributed by atoms with E-state index >= 15 is 0 Å². The molecule has 0 unspecified atom stereocenters. The van der Waals surface area contributed by atoms with Crippen molar-refractivity contribution >= 4 is 5.84 Å². The second-order valence-electron chi connectivity index (χ2n) is 5.37. The zero-order valence-corrected chi connectivity index (χ0v) is 12.5. The maximum Gasteiger partial charge on any atom is 0.132 e. The molecule has 0 aromatic heterocycles. The van der Waals surface area contributed by atoms with Gasteiger partial charge in [0.2, 0.25) is 0 Å². The van der Waals surface area contributed by atoms with Gasteiger partial charge in [-0.2, -0.15) is 0 Å². The van der Waals surface area contributed by atoms with Gasteiger partial charge in [-0.15, -0.1) is 0 Å². The quantitative estimate of drug-likeness (QED) is 0.566. The average molecular weight is 280 g/mol. The molecular weight excluding hydrogens is 260 g/mol. The summed E-state index contributed by atoms with van der Waals surface area (Å²) < 4.78 is 6.06. The Bertz CT molecular complexity index is 719. The highest BCUT2D eigenvalue weighted by Crippen LogP contribution is 2.40. The Hall–Kier alpha value is -2.29. The molecule has 0 atom stereocenters. The molecule has 21 heavy (non-hydrogen) atoms. The third-order valence-electron chi connectivity index (χ3n) is 4.18. The van der Waals surface area contributed by atoms with Crippen molar-refractivity contribution in [2.24, 2.45) is 5.73 Å². The van der Waals surface area contributed by atoms with Crippen molar-refractivity contribution < 1.29 is 4.74 Å². The molecule has 1 heterocycles. The summed E-state index contributed by atoms with van der Waals surface area (Å²) in [7, 11) is 0. The van der Waals surface area contributed by atoms with E-state index in [9.17, 15) is 0 Å². The van der Waals surface area contributed by atoms with E-state index in [4.69, 9.17) is 15.9 Å². The standard InChI is InChI=1S/C18H20N2O/c1-3-12-13(4-2)15(18(19)20)10-17-14(12)9-11-7-5-6-8-16(11)21-17/h5-8,10H,3-4,9H2,1-2H3,(H3,19,20). The van der Waals surface area contributed by atoms with E-state index in [2.05, 4.69) is 19.9 Å². The number of rotatable bonds is 3. The van der Waals surface area contributed by atoms with Crippen molar-refractivity contribution in [3.8, 4) is 11.5 Å². The maximum absolute atomic E-state index is 7.84. The first-order chi connectivity index (χ1) is 10.2. The van der Waals surface area contributed by atoms with Crippen LogP contribution in [0.5, 0.6) is 11.5 Å². The molecule has 1 aliphatic rings. The first-order valence-electron chi connectivity index (χ1n) is 7.43. The lowest BCUT2D eigenvalue weighted by atomic mass is 9.87. The molecule has 108 valence electrons. The van der Waals surface area contributed by atoms with Gasteiger partial charge in [0, 0.05) is 17.5 Å². The third kappa shape index (κ3) is 2.19. The number of ether oxygens (including phenoxy) is 1. The summed E-state index contributed by atoms with van der Waals surface area (Å²) in [6.45, 7) is 4.27. The van der Waals surface area contributed by atoms with Gasteiger partial charge < -0.3 is 10.5 Å². The topological polar surface area (TPSA) is 59.1 Å². The molecule has 3 rings (SSSR count). The number of benzene rings is 2. The predicted octanol–water partition coefficient (Wildman–Crippen LogP) is 3.79. The highest BCUT2D eigenvalue weighted by Gasteiger charge is 2.23. The van der Waals surface area contributed by atoms with Gasteiger partial charge >= 0.3 is 0 Å². The molecule has 0 spiro atoms. The average Bonchev–Trinajstić information content (AvgIpc) is 2.50. The van der Waals surface area contributed by atoms with Gasteiger partial charge in [0.05, 0.1) is 0 Å². The Labute approximate surface area is 125 Å². The lowest BCUT2D eigenvalue weighted by Gasteiger charge is -2.25. The number of hydrogen-bond donors (Lipinski definition) is 2. The van der Waals surface area contributed by atoms with Crippen molar-refractivity contribution in [1.82, 2.24) is 0 Å². The lowest BCUT2D eigenvalue weighted by molar-refractivity contribution is 0.458. The molecule has 0 aliphatic carbocycles. The minimum absolute atomic E-state index is 0.117. The summed E-state index contributed by atoms with van der Waals surface area (Å²) in [5, 5.41) is 7.84. The summed E-state index contributed by atoms with van der Waals surface area (Å²) in [4.78, 5) is 0. The van der Waals surface area contributed by atoms with E-state index in [1.54, 1.807) is 0 Å². The van der Waals surface area contributed by atoms with Crippen molar-refractivity contribution in [3.63, 3.8) is 0 Å². The zero-order chi connectivity index (χ0) is 15.0. The van der Waals surface area contributed by atoms with E-state index < -0.39 is 0 Å². The number of nitrogens with two attached hydrogens (primary N) is 1. The van der Waals surface area contributed by atoms with Gasteiger partial charge in [-0.05, 0) is 41.7 Å². The third-order valence-corrected chi connectivity index (χ3v) is 4.18. The van der Waals surface area contributed by atoms with E-state index in [1.807, 2.05) is 24.3 Å². The van der Waals surface area contributed by atoms with Crippen molar-refractivity contribution in [2.45, 2.75) is 33.1 Å². The molecule has 0 saturated carbocycles. The molecule has 3 heteroatoms. The van der Waals surface area contributed by atoms with Gasteiger partial charge in [0.25, 0.3) is 0 Å². The second-order valence-corrected chi connectivity index (χ2v) is 5.37. The largest absolute Gasteiger partial charge is 0.457 e. The monoisotopic (exact) mass is 280 g/mol. The van der Waals surface area contributed by atoms with Gasteiger partial charge in [0.15, 0.2) is 0 Å². The molecule has 2 aromatic rings. The maximum atomic E-state index is 7.84. The number of fused-ring (bicyclic) bond motifs is 2. The second kappa shape index (κ2) is 5.24. The van der Waals surface area contributed by atoms with Crippen LogP contribution in [0, 0.1) is 5.41 Å². The van der Waals surface area contributed by atoms with Crippen molar-refractivity contribution in [3.05, 3.63) is 58.1 Å². The van der Waals surface area contributed by atoms with Crippen LogP contribution in [-0.4, -0.2) is 5.84 Å². The number of amidine groups is 1. The molecule has 0 saturated heterocycles. The highest BCUT2D eigenvalue weighted by atomic mass is 16.5. The van der Waals surface area contributed by atoms with Gasteiger partial charge in [0.1, 0.15) is 17.3 Å². The van der Waals surface area contributed by atoms with Crippen LogP contribution in [0.2, 0.25) is 0 Å². The number of hydrogen-bond acceptors (Lipinski definition) is 2. The summed E-state index contributed by atoms with van der Waals surface area (Å²) in [6.07, 6.45) is 2.70. The Balaban J connectivity index is 2.22. The van der Waals surface area contributed by atoms with Gasteiger partial charge in [-0.1, -0.05) is 32.0 Å². The van der Waals surface area contributed by atoms with E-state index in [-0.39, 0.29) is 5.84 Å². The zero-order valence-electron chi connectivity index (χ0n) is 12.5. The van der Waals surface area contributed by atoms with Crippen molar-refractivity contribution in [2.75, 3.05) is 0 Å². The highest BCUT2D eigenvalue weighted by molar-refractivity contribution is 5.97. The predicted molar refractivity (Wildman–Crippen MR) is 85.5 cm³/mol. The first-order valence-corrected chi connectivity index (χ1v) is 7.43. The van der Waals surface area contributed by atoms with Crippen LogP contribution in [0.25, 0.3) is 0 Å². The molecule has 2 aromatic carbocycles. The Morgan fingerprint density at radius 3 is 2.52 bits per heavy atom. The molecule has 0 radical (unpaired) electrons. The van der Waals surface area contributed by atoms with E-state index in [0.717, 1.165) is 36.3 Å². The number of nitrogens with one attached hydrogen (secondary N) is 1. The normalized spacial score (nSPS) is 12.3. The van der Waals surface area contributed by atoms with E-state index in [0.29, 0.717) is 0 Å². The Kier molecular flexibility index (Phi) is 3.42. The fraction of sp³-hybridized carbons (Fsp3) is 0.278. The van der Waals surface area contributed by atoms with Crippen LogP contribution in [0.15, 0.2) is 30.3 Å². The van der Waals surface area contributed by atoms with Crippen LogP contribution in [-0.2, 0) is 19.3 Å². The summed E-state index contributed by atoms with van der Waals surface area (Å²) in [5.74, 6) is 1.88. The number of nitrogen functional groups attached to an aromatic ring is 1. The molecule has 0 bridgehead atoms. The minimum Gasteiger partial charge on any atom is -0.457 e. The van der Waals surface area contributed by atoms with Crippen LogP contribution in [0.3, 0.4) is 0 Å². The fourth-order valence-electron chi connectivity index (χ4n) is 3.21. The first kappa shape index (κ1) is 13.7. The molecule has 1 aliphatic heterocycles. The minimum atomic E-state index is 0.117. The smallest absolute Gasteiger partial charge is 0.132 e. The van der Waals surface area contributed by atoms with Crippen LogP contribution < -0.4 is 10.5 Å². The van der Waals surface area contributed by atoms with Crippen LogP contribution in [0.4, 0.5) is 0 Å². The summed E-state index contributed by atoms with van der Waals surface area (Å²) in [5.41, 5.74) is 11.5. The lowest BCUT2D eigenvalue weighted by Crippen LogP contribution is -2.18. The molecular formula is C18H20N2O. The van der Waals surface area contributed by atoms with Gasteiger partial charge in [-0.3, -0.25) is 5.41 Å². The summed E-state index contributed by atoms with van der Waals surface area (Å²) >= 11 is 0. The van der Waals surface area contributed by atoms with Crippen LogP contribution in [0.1, 0.15) is 41.7 Å². The Morgan fingerprint density at radius 1 is 1.14 bits per heavy atom. The summed E-state index contributed by atoms with van der Waals surface area (Å²) in [6, 6.07) is 10.1. The molecule has 3 N–H and O–H groups in total. The number of para-hydroxylation sites is 1. The van der Waals surface area contributed by atoms with Gasteiger partial charge in [-0.25, -0.2) is 0 Å². The van der Waals surface area contributed by atoms with Crippen LogP contribution >= 0.6 is 0 Å². The SMILES string of the molecule is CCc1c(C(=N)N)cc2c(c1CC)Cc1ccccc1O2. The molecule has 0 amide bonds. The van der Waals surface area contributed by atoms with E-state index in [1.165, 1.54) is 22.3 Å². The molecule has 3 nitrogen and oxygen atoms in total. The molecule has 0 fully saturated rings.